The zero-order valence-corrected chi connectivity index (χ0v) is 12.5. The van der Waals surface area contributed by atoms with Crippen molar-refractivity contribution in [1.82, 2.24) is 4.90 Å². The Morgan fingerprint density at radius 1 is 1.09 bits per heavy atom. The lowest BCUT2D eigenvalue weighted by atomic mass is 9.90. The molecule has 0 spiro atoms. The average molecular weight is 297 g/mol. The van der Waals surface area contributed by atoms with E-state index in [2.05, 4.69) is 17.0 Å². The molecular weight excluding hydrogens is 277 g/mol. The van der Waals surface area contributed by atoms with E-state index in [0.29, 0.717) is 5.56 Å². The number of piperidine rings is 1. The Balaban J connectivity index is 1.65. The zero-order chi connectivity index (χ0) is 15.4. The molecule has 0 aromatic heterocycles. The van der Waals surface area contributed by atoms with Gasteiger partial charge in [-0.15, -0.1) is 0 Å². The van der Waals surface area contributed by atoms with Crippen LogP contribution in [0.3, 0.4) is 0 Å². The fourth-order valence-electron chi connectivity index (χ4n) is 3.10. The number of likely N-dealkylation sites (tertiary alicyclic amines) is 1. The van der Waals surface area contributed by atoms with E-state index in [1.165, 1.54) is 17.7 Å². The molecule has 1 fully saturated rings. The van der Waals surface area contributed by atoms with E-state index in [1.54, 1.807) is 12.1 Å². The number of carbonyl (C=O) groups excluding carboxylic acids is 1. The number of carbonyl (C=O) groups is 1. The Morgan fingerprint density at radius 2 is 1.82 bits per heavy atom. The van der Waals surface area contributed by atoms with Crippen LogP contribution in [-0.4, -0.2) is 23.8 Å². The van der Waals surface area contributed by atoms with E-state index in [0.717, 1.165) is 32.5 Å². The van der Waals surface area contributed by atoms with Crippen molar-refractivity contribution in [2.24, 2.45) is 5.92 Å². The maximum absolute atomic E-state index is 13.0. The Morgan fingerprint density at radius 3 is 2.55 bits per heavy atom. The van der Waals surface area contributed by atoms with Crippen molar-refractivity contribution in [2.75, 3.05) is 13.1 Å². The van der Waals surface area contributed by atoms with Crippen molar-refractivity contribution in [1.29, 1.82) is 0 Å². The monoisotopic (exact) mass is 297 g/mol. The minimum atomic E-state index is -0.300. The number of rotatable bonds is 4. The second-order valence-corrected chi connectivity index (χ2v) is 5.93. The molecule has 2 aromatic rings. The van der Waals surface area contributed by atoms with Gasteiger partial charge in [-0.3, -0.25) is 9.69 Å². The second-order valence-electron chi connectivity index (χ2n) is 5.93. The van der Waals surface area contributed by atoms with Crippen LogP contribution in [0.1, 0.15) is 28.8 Å². The van der Waals surface area contributed by atoms with Gasteiger partial charge in [0.2, 0.25) is 0 Å². The highest BCUT2D eigenvalue weighted by Gasteiger charge is 2.26. The predicted octanol–water partition coefficient (Wildman–Crippen LogP) is 3.92. The van der Waals surface area contributed by atoms with E-state index < -0.39 is 0 Å². The lowest BCUT2D eigenvalue weighted by molar-refractivity contribution is 0.0811. The largest absolute Gasteiger partial charge is 0.298 e. The Kier molecular flexibility index (Phi) is 4.64. The summed E-state index contributed by atoms with van der Waals surface area (Å²) in [6.07, 6.45) is 1.95. The van der Waals surface area contributed by atoms with E-state index >= 15 is 0 Å². The molecule has 22 heavy (non-hydrogen) atoms. The number of ketones is 1. The molecule has 0 saturated carbocycles. The van der Waals surface area contributed by atoms with E-state index in [-0.39, 0.29) is 17.5 Å². The van der Waals surface area contributed by atoms with Gasteiger partial charge in [0, 0.05) is 24.6 Å². The molecule has 2 nitrogen and oxygen atoms in total. The normalized spacial score (nSPS) is 19.0. The summed E-state index contributed by atoms with van der Waals surface area (Å²) in [5.74, 6) is -0.147. The molecule has 0 radical (unpaired) electrons. The van der Waals surface area contributed by atoms with Gasteiger partial charge in [-0.2, -0.15) is 0 Å². The molecule has 1 saturated heterocycles. The van der Waals surface area contributed by atoms with Crippen LogP contribution in [0, 0.1) is 11.7 Å². The lowest BCUT2D eigenvalue weighted by Crippen LogP contribution is -2.38. The highest BCUT2D eigenvalue weighted by atomic mass is 19.1. The minimum Gasteiger partial charge on any atom is -0.298 e. The summed E-state index contributed by atoms with van der Waals surface area (Å²) in [6, 6.07) is 16.2. The molecule has 0 amide bonds. The van der Waals surface area contributed by atoms with Crippen LogP contribution in [0.15, 0.2) is 54.6 Å². The second kappa shape index (κ2) is 6.84. The van der Waals surface area contributed by atoms with E-state index in [9.17, 15) is 9.18 Å². The molecule has 1 aliphatic rings. The lowest BCUT2D eigenvalue weighted by Gasteiger charge is -2.32. The van der Waals surface area contributed by atoms with E-state index in [4.69, 9.17) is 0 Å². The van der Waals surface area contributed by atoms with Gasteiger partial charge in [0.05, 0.1) is 0 Å². The van der Waals surface area contributed by atoms with Crippen LogP contribution in [0.2, 0.25) is 0 Å². The van der Waals surface area contributed by atoms with Crippen LogP contribution in [0.5, 0.6) is 0 Å². The molecule has 3 heteroatoms. The molecule has 114 valence electrons. The Bertz CT molecular complexity index is 624. The third-order valence-corrected chi connectivity index (χ3v) is 4.25. The average Bonchev–Trinajstić information content (AvgIpc) is 2.56. The Hall–Kier alpha value is -2.00. The minimum absolute atomic E-state index is 0.0166. The highest BCUT2D eigenvalue weighted by Crippen LogP contribution is 2.22. The molecule has 0 aliphatic carbocycles. The van der Waals surface area contributed by atoms with Crippen molar-refractivity contribution in [2.45, 2.75) is 19.4 Å². The molecule has 1 atom stereocenters. The zero-order valence-electron chi connectivity index (χ0n) is 12.5. The molecule has 0 bridgehead atoms. The summed E-state index contributed by atoms with van der Waals surface area (Å²) in [6.45, 7) is 2.70. The number of halogens is 1. The van der Waals surface area contributed by atoms with E-state index in [1.807, 2.05) is 18.2 Å². The first-order chi connectivity index (χ1) is 10.7. The molecule has 0 N–H and O–H groups in total. The summed E-state index contributed by atoms with van der Waals surface area (Å²) in [4.78, 5) is 14.9. The Labute approximate surface area is 130 Å². The van der Waals surface area contributed by atoms with Crippen LogP contribution >= 0.6 is 0 Å². The van der Waals surface area contributed by atoms with Crippen molar-refractivity contribution in [3.8, 4) is 0 Å². The quantitative estimate of drug-likeness (QED) is 0.797. The van der Waals surface area contributed by atoms with Crippen molar-refractivity contribution < 1.29 is 9.18 Å². The number of nitrogens with zero attached hydrogens (tertiary/aromatic N) is 1. The predicted molar refractivity (Wildman–Crippen MR) is 85.2 cm³/mol. The van der Waals surface area contributed by atoms with Gasteiger partial charge in [-0.25, -0.2) is 4.39 Å². The summed E-state index contributed by atoms with van der Waals surface area (Å²) in [5.41, 5.74) is 1.89. The first kappa shape index (κ1) is 14.9. The van der Waals surface area contributed by atoms with Gasteiger partial charge in [-0.1, -0.05) is 30.3 Å². The fourth-order valence-corrected chi connectivity index (χ4v) is 3.10. The summed E-state index contributed by atoms with van der Waals surface area (Å²) >= 11 is 0. The smallest absolute Gasteiger partial charge is 0.167 e. The molecule has 2 aromatic carbocycles. The molecule has 1 heterocycles. The maximum Gasteiger partial charge on any atom is 0.167 e. The third kappa shape index (κ3) is 3.60. The molecule has 1 aliphatic heterocycles. The molecular formula is C19H20FNO. The van der Waals surface area contributed by atoms with Crippen LogP contribution < -0.4 is 0 Å². The van der Waals surface area contributed by atoms with Crippen molar-refractivity contribution in [3.05, 3.63) is 71.5 Å². The summed E-state index contributed by atoms with van der Waals surface area (Å²) in [5, 5.41) is 0. The molecule has 3 rings (SSSR count). The number of hydrogen-bond donors (Lipinski definition) is 0. The number of hydrogen-bond acceptors (Lipinski definition) is 2. The fraction of sp³-hybridized carbons (Fsp3) is 0.316. The summed E-state index contributed by atoms with van der Waals surface area (Å²) < 4.78 is 13.0. The van der Waals surface area contributed by atoms with Crippen molar-refractivity contribution >= 4 is 5.78 Å². The SMILES string of the molecule is O=C(c1ccc(F)cc1)[C@H]1CCCN(Cc2ccccc2)C1. The standard InChI is InChI=1S/C19H20FNO/c20-18-10-8-16(9-11-18)19(22)17-7-4-12-21(14-17)13-15-5-2-1-3-6-15/h1-3,5-6,8-11,17H,4,7,12-14H2/t17-/m0/s1. The highest BCUT2D eigenvalue weighted by molar-refractivity contribution is 5.98. The van der Waals surface area contributed by atoms with Gasteiger partial charge in [0.25, 0.3) is 0 Å². The van der Waals surface area contributed by atoms with Crippen molar-refractivity contribution in [3.63, 3.8) is 0 Å². The summed E-state index contributed by atoms with van der Waals surface area (Å²) in [7, 11) is 0. The number of Topliss-reactive ketones (excluding diaryl/α,β-unsaturated/α-hetero) is 1. The van der Waals surface area contributed by atoms with Gasteiger partial charge in [-0.05, 0) is 49.2 Å². The van der Waals surface area contributed by atoms with Crippen LogP contribution in [0.4, 0.5) is 4.39 Å². The van der Waals surface area contributed by atoms with Gasteiger partial charge in [0.1, 0.15) is 5.82 Å². The maximum atomic E-state index is 13.0. The first-order valence-corrected chi connectivity index (χ1v) is 7.78. The first-order valence-electron chi connectivity index (χ1n) is 7.78. The van der Waals surface area contributed by atoms with Gasteiger partial charge >= 0.3 is 0 Å². The number of benzene rings is 2. The molecule has 0 unspecified atom stereocenters. The third-order valence-electron chi connectivity index (χ3n) is 4.25. The van der Waals surface area contributed by atoms with Gasteiger partial charge in [0.15, 0.2) is 5.78 Å². The topological polar surface area (TPSA) is 20.3 Å². The van der Waals surface area contributed by atoms with Crippen LogP contribution in [0.25, 0.3) is 0 Å². The van der Waals surface area contributed by atoms with Crippen LogP contribution in [-0.2, 0) is 6.54 Å². The van der Waals surface area contributed by atoms with Gasteiger partial charge < -0.3 is 0 Å².